The van der Waals surface area contributed by atoms with Crippen LogP contribution in [0.2, 0.25) is 0 Å². The predicted octanol–water partition coefficient (Wildman–Crippen LogP) is 1.83. The van der Waals surface area contributed by atoms with Crippen LogP contribution in [0.5, 0.6) is 0 Å². The van der Waals surface area contributed by atoms with E-state index >= 15 is 0 Å². The average Bonchev–Trinajstić information content (AvgIpc) is 2.95. The zero-order valence-electron chi connectivity index (χ0n) is 15.3. The SMILES string of the molecule is Cc1cc(NCCNC(=O)N2CCC(C)(C(=O)O)C2)nc(C(C)C)n1. The van der Waals surface area contributed by atoms with Gasteiger partial charge in [0.05, 0.1) is 5.41 Å². The smallest absolute Gasteiger partial charge is 0.317 e. The molecule has 2 amide bonds. The number of carboxylic acids is 1. The lowest BCUT2D eigenvalue weighted by Gasteiger charge is -2.20. The average molecular weight is 349 g/mol. The number of aromatic nitrogens is 2. The fraction of sp³-hybridized carbons (Fsp3) is 0.647. The molecule has 0 bridgehead atoms. The van der Waals surface area contributed by atoms with E-state index in [1.807, 2.05) is 26.8 Å². The van der Waals surface area contributed by atoms with Gasteiger partial charge in [0.2, 0.25) is 0 Å². The number of rotatable bonds is 6. The number of hydrogen-bond acceptors (Lipinski definition) is 5. The molecule has 8 heteroatoms. The van der Waals surface area contributed by atoms with Crippen LogP contribution >= 0.6 is 0 Å². The van der Waals surface area contributed by atoms with Gasteiger partial charge in [-0.1, -0.05) is 13.8 Å². The molecule has 138 valence electrons. The van der Waals surface area contributed by atoms with Crippen molar-refractivity contribution in [3.63, 3.8) is 0 Å². The van der Waals surface area contributed by atoms with Gasteiger partial charge in [0, 0.05) is 43.9 Å². The molecule has 0 saturated carbocycles. The number of likely N-dealkylation sites (tertiary alicyclic amines) is 1. The van der Waals surface area contributed by atoms with Crippen molar-refractivity contribution in [1.29, 1.82) is 0 Å². The fourth-order valence-corrected chi connectivity index (χ4v) is 2.72. The Balaban J connectivity index is 1.78. The van der Waals surface area contributed by atoms with Crippen molar-refractivity contribution in [1.82, 2.24) is 20.2 Å². The number of nitrogens with one attached hydrogen (secondary N) is 2. The summed E-state index contributed by atoms with van der Waals surface area (Å²) >= 11 is 0. The molecule has 2 rings (SSSR count). The van der Waals surface area contributed by atoms with Crippen LogP contribution in [0.1, 0.15) is 44.6 Å². The maximum Gasteiger partial charge on any atom is 0.317 e. The summed E-state index contributed by atoms with van der Waals surface area (Å²) in [6.45, 7) is 9.35. The normalized spacial score (nSPS) is 20.0. The molecule has 0 spiro atoms. The van der Waals surface area contributed by atoms with Gasteiger partial charge in [0.15, 0.2) is 0 Å². The Bertz CT molecular complexity index is 649. The maximum absolute atomic E-state index is 12.1. The first-order chi connectivity index (χ1) is 11.7. The summed E-state index contributed by atoms with van der Waals surface area (Å²) in [6.07, 6.45) is 0.478. The minimum atomic E-state index is -0.857. The van der Waals surface area contributed by atoms with Crippen LogP contribution in [0.15, 0.2) is 6.07 Å². The lowest BCUT2D eigenvalue weighted by molar-refractivity contribution is -0.146. The third kappa shape index (κ3) is 4.80. The second-order valence-electron chi connectivity index (χ2n) is 7.10. The second kappa shape index (κ2) is 7.67. The molecule has 0 aliphatic carbocycles. The van der Waals surface area contributed by atoms with E-state index in [1.54, 1.807) is 11.8 Å². The minimum Gasteiger partial charge on any atom is -0.481 e. The van der Waals surface area contributed by atoms with Crippen LogP contribution in [0.25, 0.3) is 0 Å². The van der Waals surface area contributed by atoms with Gasteiger partial charge in [-0.05, 0) is 20.3 Å². The van der Waals surface area contributed by atoms with Gasteiger partial charge >= 0.3 is 12.0 Å². The molecule has 1 unspecified atom stereocenters. The molecule has 25 heavy (non-hydrogen) atoms. The van der Waals surface area contributed by atoms with Crippen molar-refractivity contribution in [3.8, 4) is 0 Å². The summed E-state index contributed by atoms with van der Waals surface area (Å²) in [7, 11) is 0. The first-order valence-corrected chi connectivity index (χ1v) is 8.57. The van der Waals surface area contributed by atoms with E-state index in [-0.39, 0.29) is 18.5 Å². The van der Waals surface area contributed by atoms with Gasteiger partial charge in [-0.3, -0.25) is 4.79 Å². The number of carbonyl (C=O) groups is 2. The van der Waals surface area contributed by atoms with Gasteiger partial charge in [-0.15, -0.1) is 0 Å². The highest BCUT2D eigenvalue weighted by atomic mass is 16.4. The Hall–Kier alpha value is -2.38. The molecule has 1 fully saturated rings. The number of carbonyl (C=O) groups excluding carboxylic acids is 1. The fourth-order valence-electron chi connectivity index (χ4n) is 2.72. The number of hydrogen-bond donors (Lipinski definition) is 3. The van der Waals surface area contributed by atoms with Gasteiger partial charge < -0.3 is 20.6 Å². The topological polar surface area (TPSA) is 107 Å². The molecule has 8 nitrogen and oxygen atoms in total. The first kappa shape index (κ1) is 19.0. The number of aliphatic carboxylic acids is 1. The highest BCUT2D eigenvalue weighted by Gasteiger charge is 2.42. The lowest BCUT2D eigenvalue weighted by Crippen LogP contribution is -2.42. The van der Waals surface area contributed by atoms with Crippen LogP contribution in [0, 0.1) is 12.3 Å². The summed E-state index contributed by atoms with van der Waals surface area (Å²) in [4.78, 5) is 33.8. The largest absolute Gasteiger partial charge is 0.481 e. The molecule has 2 heterocycles. The number of urea groups is 1. The van der Waals surface area contributed by atoms with Crippen LogP contribution in [-0.4, -0.2) is 58.2 Å². The Kier molecular flexibility index (Phi) is 5.81. The molecule has 1 saturated heterocycles. The second-order valence-corrected chi connectivity index (χ2v) is 7.10. The third-order valence-electron chi connectivity index (χ3n) is 4.37. The van der Waals surface area contributed by atoms with Crippen molar-refractivity contribution in [2.45, 2.75) is 40.0 Å². The highest BCUT2D eigenvalue weighted by molar-refractivity contribution is 5.79. The molecule has 1 aliphatic rings. The number of carboxylic acid groups (broad SMARTS) is 1. The zero-order chi connectivity index (χ0) is 18.6. The molecular weight excluding hydrogens is 322 g/mol. The molecule has 3 N–H and O–H groups in total. The Morgan fingerprint density at radius 1 is 1.36 bits per heavy atom. The van der Waals surface area contributed by atoms with Crippen LogP contribution in [-0.2, 0) is 4.79 Å². The third-order valence-corrected chi connectivity index (χ3v) is 4.37. The van der Waals surface area contributed by atoms with Gasteiger partial charge in [0.25, 0.3) is 0 Å². The molecule has 1 aliphatic heterocycles. The molecule has 0 radical (unpaired) electrons. The summed E-state index contributed by atoms with van der Waals surface area (Å²) in [5.41, 5.74) is 0.0525. The highest BCUT2D eigenvalue weighted by Crippen LogP contribution is 2.29. The first-order valence-electron chi connectivity index (χ1n) is 8.57. The van der Waals surface area contributed by atoms with Gasteiger partial charge in [-0.2, -0.15) is 0 Å². The van der Waals surface area contributed by atoms with Crippen molar-refractivity contribution < 1.29 is 14.7 Å². The van der Waals surface area contributed by atoms with E-state index in [9.17, 15) is 14.7 Å². The molecule has 0 aromatic carbocycles. The maximum atomic E-state index is 12.1. The van der Waals surface area contributed by atoms with Crippen molar-refractivity contribution in [2.24, 2.45) is 5.41 Å². The van der Waals surface area contributed by atoms with Gasteiger partial charge in [0.1, 0.15) is 11.6 Å². The van der Waals surface area contributed by atoms with E-state index < -0.39 is 11.4 Å². The van der Waals surface area contributed by atoms with Crippen molar-refractivity contribution >= 4 is 17.8 Å². The van der Waals surface area contributed by atoms with E-state index in [1.165, 1.54) is 0 Å². The predicted molar refractivity (Wildman–Crippen MR) is 94.7 cm³/mol. The number of aryl methyl sites for hydroxylation is 1. The van der Waals surface area contributed by atoms with Crippen molar-refractivity contribution in [2.75, 3.05) is 31.5 Å². The zero-order valence-corrected chi connectivity index (χ0v) is 15.3. The number of amides is 2. The summed E-state index contributed by atoms with van der Waals surface area (Å²) in [5, 5.41) is 15.2. The molecule has 1 aromatic heterocycles. The Labute approximate surface area is 148 Å². The summed E-state index contributed by atoms with van der Waals surface area (Å²) in [6, 6.07) is 1.64. The quantitative estimate of drug-likeness (QED) is 0.676. The number of nitrogens with zero attached hydrogens (tertiary/aromatic N) is 3. The standard InChI is InChI=1S/C17H27N5O3/c1-11(2)14-20-12(3)9-13(21-14)18-6-7-19-16(25)22-8-5-17(4,10-22)15(23)24/h9,11H,5-8,10H2,1-4H3,(H,19,25)(H,23,24)(H,18,20,21). The molecular formula is C17H27N5O3. The summed E-state index contributed by atoms with van der Waals surface area (Å²) < 4.78 is 0. The van der Waals surface area contributed by atoms with E-state index in [4.69, 9.17) is 0 Å². The summed E-state index contributed by atoms with van der Waals surface area (Å²) in [5.74, 6) is 0.921. The Morgan fingerprint density at radius 2 is 2.08 bits per heavy atom. The Morgan fingerprint density at radius 3 is 2.68 bits per heavy atom. The number of anilines is 1. The monoisotopic (exact) mass is 349 g/mol. The minimum absolute atomic E-state index is 0.228. The molecule has 1 atom stereocenters. The van der Waals surface area contributed by atoms with Crippen LogP contribution in [0.4, 0.5) is 10.6 Å². The van der Waals surface area contributed by atoms with E-state index in [0.717, 1.165) is 17.3 Å². The molecule has 1 aromatic rings. The van der Waals surface area contributed by atoms with E-state index in [2.05, 4.69) is 20.6 Å². The van der Waals surface area contributed by atoms with Crippen LogP contribution in [0.3, 0.4) is 0 Å². The van der Waals surface area contributed by atoms with E-state index in [0.29, 0.717) is 26.1 Å². The lowest BCUT2D eigenvalue weighted by atomic mass is 9.90. The van der Waals surface area contributed by atoms with Gasteiger partial charge in [-0.25, -0.2) is 14.8 Å². The van der Waals surface area contributed by atoms with Crippen molar-refractivity contribution in [3.05, 3.63) is 17.6 Å². The van der Waals surface area contributed by atoms with Crippen LogP contribution < -0.4 is 10.6 Å².